The Hall–Kier alpha value is -0.910. The van der Waals surface area contributed by atoms with Gasteiger partial charge in [-0.2, -0.15) is 5.06 Å². The molecule has 1 aromatic rings. The Morgan fingerprint density at radius 3 is 2.12 bits per heavy atom. The van der Waals surface area contributed by atoms with E-state index in [1.165, 1.54) is 0 Å². The molecule has 0 spiro atoms. The minimum absolute atomic E-state index is 0.0460. The van der Waals surface area contributed by atoms with Gasteiger partial charge in [0, 0.05) is 23.9 Å². The highest BCUT2D eigenvalue weighted by Gasteiger charge is 2.49. The van der Waals surface area contributed by atoms with Gasteiger partial charge in [-0.15, -0.1) is 0 Å². The van der Waals surface area contributed by atoms with E-state index in [0.29, 0.717) is 0 Å². The smallest absolute Gasteiger partial charge is 0.322 e. The molecule has 1 aromatic carbocycles. The Bertz CT molecular complexity index is 604. The lowest BCUT2D eigenvalue weighted by molar-refractivity contribution is -0.314. The van der Waals surface area contributed by atoms with E-state index in [1.807, 2.05) is 32.0 Å². The molecule has 5 heteroatoms. The number of piperidine rings is 1. The molecule has 1 unspecified atom stereocenters. The maximum absolute atomic E-state index is 12.3. The summed E-state index contributed by atoms with van der Waals surface area (Å²) in [5, 5.41) is 2.10. The summed E-state index contributed by atoms with van der Waals surface area (Å²) in [6.45, 7) is 14.3. The molecular weight excluding hydrogens is 394 g/mol. The van der Waals surface area contributed by atoms with Gasteiger partial charge in [-0.05, 0) is 54.0 Å². The Kier molecular flexibility index (Phi) is 6.26. The van der Waals surface area contributed by atoms with Gasteiger partial charge < -0.3 is 4.74 Å². The number of hydroxylamine groups is 2. The fourth-order valence-electron chi connectivity index (χ4n) is 3.77. The number of carbonyl (C=O) groups excluding carboxylic acids is 1. The summed E-state index contributed by atoms with van der Waals surface area (Å²) < 4.78 is 5.13. The van der Waals surface area contributed by atoms with Crippen LogP contribution in [0.4, 0.5) is 0 Å². The number of hydrogen-bond acceptors (Lipinski definition) is 4. The number of rotatable bonds is 5. The number of hydrogen-bond donors (Lipinski definition) is 0. The third-order valence-corrected chi connectivity index (χ3v) is 5.17. The Balaban J connectivity index is 2.14. The van der Waals surface area contributed by atoms with Crippen LogP contribution in [0.3, 0.4) is 0 Å². The fraction of sp³-hybridized carbons (Fsp3) is 0.667. The lowest BCUT2D eigenvalue weighted by Gasteiger charge is -2.54. The predicted molar refractivity (Wildman–Crippen MR) is 108 cm³/mol. The van der Waals surface area contributed by atoms with E-state index in [2.05, 4.69) is 67.7 Å². The van der Waals surface area contributed by atoms with Crippen LogP contribution in [-0.4, -0.2) is 32.5 Å². The first-order chi connectivity index (χ1) is 11.8. The maximum atomic E-state index is 12.3. The average molecular weight is 426 g/mol. The number of alkyl halides is 1. The number of benzene rings is 1. The molecule has 1 aliphatic heterocycles. The summed E-state index contributed by atoms with van der Waals surface area (Å²) in [4.78, 5) is 18.7. The standard InChI is InChI=1S/C21H32BrNO3/c1-15(16-11-9-8-10-12-16)26-23-19(2,3)13-17(14-20(23,4)5)25-18(24)21(6,7)22/h8-12,15,17H,13-14H2,1-7H3. The number of nitrogens with zero attached hydrogens (tertiary/aromatic N) is 1. The molecule has 26 heavy (non-hydrogen) atoms. The van der Waals surface area contributed by atoms with E-state index >= 15 is 0 Å². The van der Waals surface area contributed by atoms with Gasteiger partial charge in [0.25, 0.3) is 0 Å². The van der Waals surface area contributed by atoms with Crippen molar-refractivity contribution in [3.8, 4) is 0 Å². The van der Waals surface area contributed by atoms with Crippen molar-refractivity contribution in [2.24, 2.45) is 0 Å². The average Bonchev–Trinajstić information content (AvgIpc) is 2.49. The topological polar surface area (TPSA) is 38.8 Å². The van der Waals surface area contributed by atoms with Crippen LogP contribution in [0.15, 0.2) is 30.3 Å². The summed E-state index contributed by atoms with van der Waals surface area (Å²) in [6, 6.07) is 10.2. The Morgan fingerprint density at radius 1 is 1.15 bits per heavy atom. The lowest BCUT2D eigenvalue weighted by atomic mass is 9.80. The van der Waals surface area contributed by atoms with Gasteiger partial charge in [0.1, 0.15) is 16.5 Å². The first-order valence-electron chi connectivity index (χ1n) is 9.25. The number of carbonyl (C=O) groups is 1. The van der Waals surface area contributed by atoms with Gasteiger partial charge in [-0.3, -0.25) is 9.63 Å². The van der Waals surface area contributed by atoms with Gasteiger partial charge in [-0.25, -0.2) is 0 Å². The second-order valence-electron chi connectivity index (χ2n) is 8.99. The van der Waals surface area contributed by atoms with E-state index in [1.54, 1.807) is 0 Å². The summed E-state index contributed by atoms with van der Waals surface area (Å²) in [7, 11) is 0. The molecule has 146 valence electrons. The second-order valence-corrected chi connectivity index (χ2v) is 11.0. The molecular formula is C21H32BrNO3. The fourth-order valence-corrected chi connectivity index (χ4v) is 3.87. The quantitative estimate of drug-likeness (QED) is 0.466. The van der Waals surface area contributed by atoms with Crippen LogP contribution in [0.25, 0.3) is 0 Å². The molecule has 4 nitrogen and oxygen atoms in total. The molecule has 2 rings (SSSR count). The van der Waals surface area contributed by atoms with Crippen molar-refractivity contribution >= 4 is 21.9 Å². The van der Waals surface area contributed by atoms with Crippen LogP contribution in [-0.2, 0) is 14.4 Å². The highest BCUT2D eigenvalue weighted by Crippen LogP contribution is 2.42. The van der Waals surface area contributed by atoms with Crippen molar-refractivity contribution in [2.75, 3.05) is 0 Å². The van der Waals surface area contributed by atoms with E-state index < -0.39 is 4.32 Å². The Labute approximate surface area is 166 Å². The molecule has 0 aromatic heterocycles. The zero-order chi connectivity index (χ0) is 19.8. The molecule has 1 fully saturated rings. The van der Waals surface area contributed by atoms with Gasteiger partial charge in [-0.1, -0.05) is 46.3 Å². The first-order valence-corrected chi connectivity index (χ1v) is 10.0. The van der Waals surface area contributed by atoms with Gasteiger partial charge in [0.2, 0.25) is 0 Å². The highest BCUT2D eigenvalue weighted by molar-refractivity contribution is 9.10. The minimum atomic E-state index is -0.670. The third-order valence-electron chi connectivity index (χ3n) is 4.85. The second kappa shape index (κ2) is 7.61. The zero-order valence-electron chi connectivity index (χ0n) is 17.0. The predicted octanol–water partition coefficient (Wildman–Crippen LogP) is 5.42. The van der Waals surface area contributed by atoms with Crippen molar-refractivity contribution in [1.29, 1.82) is 0 Å². The van der Waals surface area contributed by atoms with Crippen molar-refractivity contribution in [2.45, 2.75) is 88.9 Å². The number of ether oxygens (including phenoxy) is 1. The normalized spacial score (nSPS) is 22.0. The molecule has 0 N–H and O–H groups in total. The van der Waals surface area contributed by atoms with E-state index in [4.69, 9.17) is 9.57 Å². The van der Waals surface area contributed by atoms with Crippen LogP contribution in [0.1, 0.15) is 73.0 Å². The SMILES string of the molecule is CC(ON1C(C)(C)CC(OC(=O)C(C)(C)Br)CC1(C)C)c1ccccc1. The molecule has 1 heterocycles. The minimum Gasteiger partial charge on any atom is -0.461 e. The van der Waals surface area contributed by atoms with Crippen LogP contribution >= 0.6 is 15.9 Å². The number of esters is 1. The van der Waals surface area contributed by atoms with Gasteiger partial charge >= 0.3 is 5.97 Å². The molecule has 0 saturated carbocycles. The summed E-state index contributed by atoms with van der Waals surface area (Å²) in [5.41, 5.74) is 0.631. The number of halogens is 1. The van der Waals surface area contributed by atoms with Crippen molar-refractivity contribution < 1.29 is 14.4 Å². The molecule has 1 aliphatic rings. The molecule has 0 radical (unpaired) electrons. The Morgan fingerprint density at radius 2 is 1.65 bits per heavy atom. The monoisotopic (exact) mass is 425 g/mol. The van der Waals surface area contributed by atoms with Gasteiger partial charge in [0.15, 0.2) is 0 Å². The summed E-state index contributed by atoms with van der Waals surface area (Å²) >= 11 is 3.39. The third kappa shape index (κ3) is 5.08. The molecule has 0 bridgehead atoms. The lowest BCUT2D eigenvalue weighted by Crippen LogP contribution is -2.62. The van der Waals surface area contributed by atoms with Crippen LogP contribution in [0.2, 0.25) is 0 Å². The first kappa shape index (κ1) is 21.4. The molecule has 1 saturated heterocycles. The van der Waals surface area contributed by atoms with Crippen molar-refractivity contribution in [1.82, 2.24) is 5.06 Å². The van der Waals surface area contributed by atoms with E-state index in [0.717, 1.165) is 18.4 Å². The summed E-state index contributed by atoms with van der Waals surface area (Å²) in [6.07, 6.45) is 1.28. The highest BCUT2D eigenvalue weighted by atomic mass is 79.9. The maximum Gasteiger partial charge on any atom is 0.322 e. The summed E-state index contributed by atoms with van der Waals surface area (Å²) in [5.74, 6) is -0.221. The van der Waals surface area contributed by atoms with Crippen molar-refractivity contribution in [3.63, 3.8) is 0 Å². The van der Waals surface area contributed by atoms with Crippen LogP contribution < -0.4 is 0 Å². The van der Waals surface area contributed by atoms with Crippen LogP contribution in [0, 0.1) is 0 Å². The van der Waals surface area contributed by atoms with Crippen molar-refractivity contribution in [3.05, 3.63) is 35.9 Å². The molecule has 0 amide bonds. The van der Waals surface area contributed by atoms with E-state index in [9.17, 15) is 4.79 Å². The largest absolute Gasteiger partial charge is 0.461 e. The molecule has 0 aliphatic carbocycles. The molecule has 1 atom stereocenters. The van der Waals surface area contributed by atoms with E-state index in [-0.39, 0.29) is 29.3 Å². The van der Waals surface area contributed by atoms with Gasteiger partial charge in [0.05, 0.1) is 0 Å². The zero-order valence-corrected chi connectivity index (χ0v) is 18.6. The van der Waals surface area contributed by atoms with Crippen LogP contribution in [0.5, 0.6) is 0 Å².